The molecule has 1 fully saturated rings. The second-order valence-corrected chi connectivity index (χ2v) is 8.45. The summed E-state index contributed by atoms with van der Waals surface area (Å²) in [5.74, 6) is 0.319. The van der Waals surface area contributed by atoms with Crippen molar-refractivity contribution in [1.82, 2.24) is 0 Å². The SMILES string of the molecule is O=S(c1ccccc1)[C@@]1(Cc2ccccc2)C[C@@H]1CCC(O)CO. The van der Waals surface area contributed by atoms with E-state index in [1.54, 1.807) is 0 Å². The van der Waals surface area contributed by atoms with Gasteiger partial charge in [-0.2, -0.15) is 0 Å². The second-order valence-electron chi connectivity index (χ2n) is 6.62. The first-order valence-corrected chi connectivity index (χ1v) is 9.60. The van der Waals surface area contributed by atoms with E-state index in [9.17, 15) is 9.32 Å². The van der Waals surface area contributed by atoms with E-state index in [2.05, 4.69) is 12.1 Å². The monoisotopic (exact) mass is 344 g/mol. The summed E-state index contributed by atoms with van der Waals surface area (Å²) in [4.78, 5) is 0.874. The van der Waals surface area contributed by atoms with Crippen LogP contribution in [-0.2, 0) is 17.2 Å². The number of hydrogen-bond acceptors (Lipinski definition) is 3. The third kappa shape index (κ3) is 3.77. The lowest BCUT2D eigenvalue weighted by atomic mass is 10.0. The first-order chi connectivity index (χ1) is 11.7. The van der Waals surface area contributed by atoms with Crippen molar-refractivity contribution >= 4 is 10.8 Å². The molecular formula is C20H24O3S. The maximum atomic E-state index is 13.3. The number of aliphatic hydroxyl groups excluding tert-OH is 2. The molecule has 128 valence electrons. The Morgan fingerprint density at radius 1 is 1.08 bits per heavy atom. The Labute approximate surface area is 145 Å². The van der Waals surface area contributed by atoms with Crippen molar-refractivity contribution in [3.8, 4) is 0 Å². The van der Waals surface area contributed by atoms with Gasteiger partial charge in [0.15, 0.2) is 0 Å². The Morgan fingerprint density at radius 2 is 1.71 bits per heavy atom. The second kappa shape index (κ2) is 7.60. The molecule has 1 aliphatic rings. The lowest BCUT2D eigenvalue weighted by Crippen LogP contribution is -2.24. The normalized spacial score (nSPS) is 25.2. The van der Waals surface area contributed by atoms with Crippen molar-refractivity contribution < 1.29 is 14.4 Å². The van der Waals surface area contributed by atoms with Crippen molar-refractivity contribution in [1.29, 1.82) is 0 Å². The Hall–Kier alpha value is -1.49. The minimum absolute atomic E-state index is 0.208. The number of aliphatic hydroxyl groups is 2. The summed E-state index contributed by atoms with van der Waals surface area (Å²) in [5.41, 5.74) is 1.20. The molecule has 0 bridgehead atoms. The molecular weight excluding hydrogens is 320 g/mol. The van der Waals surface area contributed by atoms with Crippen LogP contribution in [0.1, 0.15) is 24.8 Å². The van der Waals surface area contributed by atoms with Crippen LogP contribution in [0.5, 0.6) is 0 Å². The van der Waals surface area contributed by atoms with Crippen LogP contribution in [0.3, 0.4) is 0 Å². The fourth-order valence-corrected chi connectivity index (χ4v) is 5.38. The zero-order chi connectivity index (χ0) is 17.0. The molecule has 0 saturated heterocycles. The first-order valence-electron chi connectivity index (χ1n) is 8.45. The summed E-state index contributed by atoms with van der Waals surface area (Å²) >= 11 is 0. The minimum atomic E-state index is -1.07. The zero-order valence-electron chi connectivity index (χ0n) is 13.7. The molecule has 24 heavy (non-hydrogen) atoms. The maximum absolute atomic E-state index is 13.3. The number of hydrogen-bond donors (Lipinski definition) is 2. The Morgan fingerprint density at radius 3 is 2.33 bits per heavy atom. The molecule has 0 amide bonds. The summed E-state index contributed by atoms with van der Waals surface area (Å²) in [7, 11) is -1.07. The van der Waals surface area contributed by atoms with E-state index in [1.165, 1.54) is 5.56 Å². The molecule has 4 atom stereocenters. The summed E-state index contributed by atoms with van der Waals surface area (Å²) in [6, 6.07) is 19.8. The largest absolute Gasteiger partial charge is 0.394 e. The zero-order valence-corrected chi connectivity index (χ0v) is 14.5. The van der Waals surface area contributed by atoms with Gasteiger partial charge in [-0.05, 0) is 49.3 Å². The highest BCUT2D eigenvalue weighted by molar-refractivity contribution is 7.86. The molecule has 0 aromatic heterocycles. The van der Waals surface area contributed by atoms with Gasteiger partial charge in [-0.25, -0.2) is 0 Å². The van der Waals surface area contributed by atoms with Crippen LogP contribution >= 0.6 is 0 Å². The van der Waals surface area contributed by atoms with Crippen molar-refractivity contribution in [2.75, 3.05) is 6.61 Å². The van der Waals surface area contributed by atoms with Gasteiger partial charge in [0.25, 0.3) is 0 Å². The number of benzene rings is 2. The van der Waals surface area contributed by atoms with Gasteiger partial charge in [0, 0.05) is 4.90 Å². The third-order valence-electron chi connectivity index (χ3n) is 4.91. The summed E-state index contributed by atoms with van der Waals surface area (Å²) in [6.45, 7) is -0.208. The highest BCUT2D eigenvalue weighted by Crippen LogP contribution is 2.55. The standard InChI is InChI=1S/C20H24O3S/c21-15-18(22)12-11-17-14-20(17,13-16-7-3-1-4-8-16)24(23)19-9-5-2-6-10-19/h1-10,17-18,21-22H,11-15H2/t17-,18?,20-,24?/m0/s1. The Balaban J connectivity index is 1.79. The van der Waals surface area contributed by atoms with Gasteiger partial charge in [-0.15, -0.1) is 0 Å². The summed E-state index contributed by atoms with van der Waals surface area (Å²) in [6.07, 6.45) is 2.37. The molecule has 3 nitrogen and oxygen atoms in total. The highest BCUT2D eigenvalue weighted by atomic mass is 32.2. The van der Waals surface area contributed by atoms with Crippen molar-refractivity contribution in [2.24, 2.45) is 5.92 Å². The van der Waals surface area contributed by atoms with Gasteiger partial charge in [0.1, 0.15) is 0 Å². The van der Waals surface area contributed by atoms with E-state index < -0.39 is 16.9 Å². The van der Waals surface area contributed by atoms with E-state index in [-0.39, 0.29) is 11.4 Å². The van der Waals surface area contributed by atoms with Crippen LogP contribution in [0, 0.1) is 5.92 Å². The van der Waals surface area contributed by atoms with E-state index in [1.807, 2.05) is 48.5 Å². The minimum Gasteiger partial charge on any atom is -0.394 e. The highest BCUT2D eigenvalue weighted by Gasteiger charge is 2.58. The molecule has 2 aromatic rings. The molecule has 0 heterocycles. The van der Waals surface area contributed by atoms with Crippen LogP contribution in [0.15, 0.2) is 65.6 Å². The quantitative estimate of drug-likeness (QED) is 0.774. The van der Waals surface area contributed by atoms with Crippen molar-refractivity contribution in [3.05, 3.63) is 66.2 Å². The molecule has 2 aromatic carbocycles. The van der Waals surface area contributed by atoms with Gasteiger partial charge in [0.05, 0.1) is 28.3 Å². The molecule has 1 saturated carbocycles. The van der Waals surface area contributed by atoms with Crippen LogP contribution in [0.4, 0.5) is 0 Å². The lowest BCUT2D eigenvalue weighted by Gasteiger charge is -2.18. The molecule has 1 aliphatic carbocycles. The van der Waals surface area contributed by atoms with Crippen LogP contribution < -0.4 is 0 Å². The average Bonchev–Trinajstić information content (AvgIpc) is 3.34. The molecule has 0 radical (unpaired) electrons. The maximum Gasteiger partial charge on any atom is 0.0771 e. The third-order valence-corrected chi connectivity index (χ3v) is 6.99. The van der Waals surface area contributed by atoms with E-state index in [0.29, 0.717) is 12.3 Å². The summed E-state index contributed by atoms with van der Waals surface area (Å²) in [5, 5.41) is 18.6. The predicted molar refractivity (Wildman–Crippen MR) is 96.2 cm³/mol. The van der Waals surface area contributed by atoms with Gasteiger partial charge in [0.2, 0.25) is 0 Å². The van der Waals surface area contributed by atoms with Gasteiger partial charge in [-0.3, -0.25) is 4.21 Å². The molecule has 0 spiro atoms. The van der Waals surface area contributed by atoms with E-state index >= 15 is 0 Å². The predicted octanol–water partition coefficient (Wildman–Crippen LogP) is 2.93. The fourth-order valence-electron chi connectivity index (χ4n) is 3.44. The molecule has 4 heteroatoms. The summed E-state index contributed by atoms with van der Waals surface area (Å²) < 4.78 is 13.0. The van der Waals surface area contributed by atoms with Crippen molar-refractivity contribution in [3.63, 3.8) is 0 Å². The molecule has 3 rings (SSSR count). The Kier molecular flexibility index (Phi) is 5.49. The van der Waals surface area contributed by atoms with Gasteiger partial charge >= 0.3 is 0 Å². The number of rotatable bonds is 8. The van der Waals surface area contributed by atoms with Crippen LogP contribution in [-0.4, -0.2) is 31.9 Å². The molecule has 2 unspecified atom stereocenters. The smallest absolute Gasteiger partial charge is 0.0771 e. The topological polar surface area (TPSA) is 57.5 Å². The van der Waals surface area contributed by atoms with E-state index in [0.717, 1.165) is 24.2 Å². The van der Waals surface area contributed by atoms with Crippen LogP contribution in [0.2, 0.25) is 0 Å². The van der Waals surface area contributed by atoms with Crippen molar-refractivity contribution in [2.45, 2.75) is 41.4 Å². The first kappa shape index (κ1) is 17.3. The van der Waals surface area contributed by atoms with Gasteiger partial charge in [-0.1, -0.05) is 48.5 Å². The van der Waals surface area contributed by atoms with Gasteiger partial charge < -0.3 is 10.2 Å². The molecule has 0 aliphatic heterocycles. The molecule has 2 N–H and O–H groups in total. The van der Waals surface area contributed by atoms with E-state index in [4.69, 9.17) is 5.11 Å². The fraction of sp³-hybridized carbons (Fsp3) is 0.400. The average molecular weight is 344 g/mol. The van der Waals surface area contributed by atoms with Crippen LogP contribution in [0.25, 0.3) is 0 Å². The Bertz CT molecular complexity index is 674. The lowest BCUT2D eigenvalue weighted by molar-refractivity contribution is 0.0851.